The second-order valence-electron chi connectivity index (χ2n) is 4.71. The quantitative estimate of drug-likeness (QED) is 0.867. The minimum atomic E-state index is -0.283. The highest BCUT2D eigenvalue weighted by molar-refractivity contribution is 7.11. The topological polar surface area (TPSA) is 20.2 Å². The molecule has 2 heteroatoms. The Hall–Kier alpha value is -1.12. The summed E-state index contributed by atoms with van der Waals surface area (Å²) >= 11 is 1.82. The average molecular weight is 260 g/mol. The van der Waals surface area contributed by atoms with Gasteiger partial charge >= 0.3 is 0 Å². The third-order valence-electron chi connectivity index (χ3n) is 3.22. The van der Waals surface area contributed by atoms with Crippen molar-refractivity contribution in [2.24, 2.45) is 0 Å². The van der Waals surface area contributed by atoms with E-state index in [0.29, 0.717) is 0 Å². The first kappa shape index (κ1) is 13.3. The van der Waals surface area contributed by atoms with Gasteiger partial charge in [-0.3, -0.25) is 0 Å². The molecule has 0 fully saturated rings. The average Bonchev–Trinajstić information content (AvgIpc) is 2.80. The molecule has 1 N–H and O–H groups in total. The van der Waals surface area contributed by atoms with E-state index in [0.717, 1.165) is 19.3 Å². The minimum absolute atomic E-state index is 0.283. The Morgan fingerprint density at radius 3 is 2.44 bits per heavy atom. The summed E-state index contributed by atoms with van der Waals surface area (Å²) in [5, 5.41) is 10.2. The number of aliphatic hydroxyl groups excluding tert-OH is 1. The zero-order chi connectivity index (χ0) is 13.0. The molecular formula is C16H20OS. The fraction of sp³-hybridized carbons (Fsp3) is 0.375. The van der Waals surface area contributed by atoms with Gasteiger partial charge in [0.05, 0.1) is 6.10 Å². The predicted molar refractivity (Wildman–Crippen MR) is 78.3 cm³/mol. The SMILES string of the molecule is CCc1ccc(CC(O)Cc2ccccc2C)s1. The third kappa shape index (κ3) is 3.44. The van der Waals surface area contributed by atoms with E-state index in [-0.39, 0.29) is 6.10 Å². The highest BCUT2D eigenvalue weighted by Gasteiger charge is 2.09. The number of hydrogen-bond acceptors (Lipinski definition) is 2. The molecular weight excluding hydrogens is 240 g/mol. The second kappa shape index (κ2) is 6.17. The summed E-state index contributed by atoms with van der Waals surface area (Å²) in [5.41, 5.74) is 2.51. The van der Waals surface area contributed by atoms with Crippen molar-refractivity contribution in [3.63, 3.8) is 0 Å². The van der Waals surface area contributed by atoms with Crippen molar-refractivity contribution in [1.82, 2.24) is 0 Å². The molecule has 0 aliphatic carbocycles. The Morgan fingerprint density at radius 1 is 1.06 bits per heavy atom. The summed E-state index contributed by atoms with van der Waals surface area (Å²) < 4.78 is 0. The van der Waals surface area contributed by atoms with Crippen LogP contribution in [0.2, 0.25) is 0 Å². The van der Waals surface area contributed by atoms with E-state index in [2.05, 4.69) is 38.1 Å². The molecule has 0 aliphatic heterocycles. The third-order valence-corrected chi connectivity index (χ3v) is 4.47. The van der Waals surface area contributed by atoms with Crippen LogP contribution in [0.5, 0.6) is 0 Å². The number of benzene rings is 1. The maximum atomic E-state index is 10.2. The van der Waals surface area contributed by atoms with Gasteiger partial charge in [0, 0.05) is 16.2 Å². The van der Waals surface area contributed by atoms with E-state index in [1.54, 1.807) is 0 Å². The summed E-state index contributed by atoms with van der Waals surface area (Å²) in [7, 11) is 0. The molecule has 0 aliphatic rings. The van der Waals surface area contributed by atoms with E-state index in [1.165, 1.54) is 20.9 Å². The molecule has 0 saturated carbocycles. The number of thiophene rings is 1. The first-order valence-corrected chi connectivity index (χ1v) is 7.31. The molecule has 0 amide bonds. The van der Waals surface area contributed by atoms with E-state index in [1.807, 2.05) is 23.5 Å². The van der Waals surface area contributed by atoms with Crippen LogP contribution in [-0.2, 0) is 19.3 Å². The molecule has 96 valence electrons. The lowest BCUT2D eigenvalue weighted by atomic mass is 10.0. The summed E-state index contributed by atoms with van der Waals surface area (Å²) in [6.07, 6.45) is 2.30. The van der Waals surface area contributed by atoms with Gasteiger partial charge in [-0.25, -0.2) is 0 Å². The molecule has 1 aromatic heterocycles. The van der Waals surface area contributed by atoms with E-state index >= 15 is 0 Å². The Bertz CT molecular complexity index is 501. The minimum Gasteiger partial charge on any atom is -0.392 e. The summed E-state index contributed by atoms with van der Waals surface area (Å²) in [6.45, 7) is 4.27. The fourth-order valence-corrected chi connectivity index (χ4v) is 3.15. The van der Waals surface area contributed by atoms with Crippen molar-refractivity contribution < 1.29 is 5.11 Å². The highest BCUT2D eigenvalue weighted by atomic mass is 32.1. The maximum absolute atomic E-state index is 10.2. The lowest BCUT2D eigenvalue weighted by Gasteiger charge is -2.11. The molecule has 1 unspecified atom stereocenters. The van der Waals surface area contributed by atoms with E-state index < -0.39 is 0 Å². The first-order valence-electron chi connectivity index (χ1n) is 6.49. The van der Waals surface area contributed by atoms with Gasteiger partial charge < -0.3 is 5.11 Å². The van der Waals surface area contributed by atoms with Crippen LogP contribution in [0, 0.1) is 6.92 Å². The highest BCUT2D eigenvalue weighted by Crippen LogP contribution is 2.20. The maximum Gasteiger partial charge on any atom is 0.0628 e. The molecule has 1 atom stereocenters. The van der Waals surface area contributed by atoms with Gasteiger partial charge in [0.25, 0.3) is 0 Å². The van der Waals surface area contributed by atoms with Gasteiger partial charge in [-0.2, -0.15) is 0 Å². The van der Waals surface area contributed by atoms with Crippen LogP contribution in [0.4, 0.5) is 0 Å². The zero-order valence-electron chi connectivity index (χ0n) is 11.0. The molecule has 0 radical (unpaired) electrons. The van der Waals surface area contributed by atoms with Crippen molar-refractivity contribution >= 4 is 11.3 Å². The first-order chi connectivity index (χ1) is 8.69. The van der Waals surface area contributed by atoms with E-state index in [9.17, 15) is 5.11 Å². The molecule has 2 rings (SSSR count). The van der Waals surface area contributed by atoms with Gasteiger partial charge in [0.2, 0.25) is 0 Å². The number of rotatable bonds is 5. The Morgan fingerprint density at radius 2 is 1.78 bits per heavy atom. The Kier molecular flexibility index (Phi) is 4.56. The van der Waals surface area contributed by atoms with Gasteiger partial charge in [-0.15, -0.1) is 11.3 Å². The Balaban J connectivity index is 1.96. The van der Waals surface area contributed by atoms with Crippen molar-refractivity contribution in [3.05, 3.63) is 57.3 Å². The van der Waals surface area contributed by atoms with Crippen LogP contribution in [-0.4, -0.2) is 11.2 Å². The van der Waals surface area contributed by atoms with Crippen molar-refractivity contribution in [1.29, 1.82) is 0 Å². The summed E-state index contributed by atoms with van der Waals surface area (Å²) in [6, 6.07) is 12.6. The molecule has 1 aromatic carbocycles. The number of hydrogen-bond donors (Lipinski definition) is 1. The fourth-order valence-electron chi connectivity index (χ4n) is 2.12. The normalized spacial score (nSPS) is 12.6. The monoisotopic (exact) mass is 260 g/mol. The molecule has 1 nitrogen and oxygen atoms in total. The molecule has 1 heterocycles. The molecule has 0 bridgehead atoms. The summed E-state index contributed by atoms with van der Waals surface area (Å²) in [4.78, 5) is 2.68. The predicted octanol–water partition coefficient (Wildman–Crippen LogP) is 3.77. The van der Waals surface area contributed by atoms with Crippen LogP contribution in [0.1, 0.15) is 27.8 Å². The summed E-state index contributed by atoms with van der Waals surface area (Å²) in [5.74, 6) is 0. The van der Waals surface area contributed by atoms with Crippen molar-refractivity contribution in [2.45, 2.75) is 39.2 Å². The van der Waals surface area contributed by atoms with Gasteiger partial charge in [-0.05, 0) is 43.0 Å². The van der Waals surface area contributed by atoms with Gasteiger partial charge in [-0.1, -0.05) is 31.2 Å². The van der Waals surface area contributed by atoms with Gasteiger partial charge in [0.1, 0.15) is 0 Å². The number of aliphatic hydroxyl groups is 1. The van der Waals surface area contributed by atoms with Gasteiger partial charge in [0.15, 0.2) is 0 Å². The molecule has 18 heavy (non-hydrogen) atoms. The van der Waals surface area contributed by atoms with E-state index in [4.69, 9.17) is 0 Å². The lowest BCUT2D eigenvalue weighted by molar-refractivity contribution is 0.176. The molecule has 0 saturated heterocycles. The molecule has 2 aromatic rings. The van der Waals surface area contributed by atoms with Crippen LogP contribution in [0.3, 0.4) is 0 Å². The van der Waals surface area contributed by atoms with Crippen molar-refractivity contribution in [2.75, 3.05) is 0 Å². The smallest absolute Gasteiger partial charge is 0.0628 e. The standard InChI is InChI=1S/C16H20OS/c1-3-15-8-9-16(18-15)11-14(17)10-13-7-5-4-6-12(13)2/h4-9,14,17H,3,10-11H2,1-2H3. The Labute approximate surface area is 113 Å². The second-order valence-corrected chi connectivity index (χ2v) is 5.96. The van der Waals surface area contributed by atoms with Crippen molar-refractivity contribution in [3.8, 4) is 0 Å². The number of aryl methyl sites for hydroxylation is 2. The van der Waals surface area contributed by atoms with Crippen LogP contribution < -0.4 is 0 Å². The zero-order valence-corrected chi connectivity index (χ0v) is 11.8. The van der Waals surface area contributed by atoms with Crippen LogP contribution >= 0.6 is 11.3 Å². The van der Waals surface area contributed by atoms with Crippen LogP contribution in [0.25, 0.3) is 0 Å². The largest absolute Gasteiger partial charge is 0.392 e. The lowest BCUT2D eigenvalue weighted by Crippen LogP contribution is -2.13. The molecule has 0 spiro atoms. The van der Waals surface area contributed by atoms with Crippen LogP contribution in [0.15, 0.2) is 36.4 Å².